The van der Waals surface area contributed by atoms with Crippen molar-refractivity contribution in [2.75, 3.05) is 69.5 Å². The predicted molar refractivity (Wildman–Crippen MR) is 255 cm³/mol. The summed E-state index contributed by atoms with van der Waals surface area (Å²) in [5.41, 5.74) is 3.08. The van der Waals surface area contributed by atoms with Crippen molar-refractivity contribution in [2.24, 2.45) is 0 Å². The molecule has 2 saturated heterocycles. The zero-order valence-electron chi connectivity index (χ0n) is 39.9. The highest BCUT2D eigenvalue weighted by atomic mass is 19.1. The molecular weight excluding hydrogens is 874 g/mol. The van der Waals surface area contributed by atoms with Crippen LogP contribution in [-0.4, -0.2) is 123 Å². The molecule has 0 saturated carbocycles. The Balaban J connectivity index is 1.01. The molecule has 2 aliphatic rings. The normalized spacial score (nSPS) is 15.7. The van der Waals surface area contributed by atoms with Crippen LogP contribution in [0.5, 0.6) is 0 Å². The molecule has 6 rings (SSSR count). The SMILES string of the molecule is CN(C(=O)OC(C)(C)CCc1ccc(COC(=O)[C@H](O)Cc2ccc(N3CCOCC3)cc2)cc1)[C@@H](CC(C)(C)F)C(=O)O[C@H](Cc1ccc(N2CCOCC2)cc1)C(=O)OCc1ccccc1. The van der Waals surface area contributed by atoms with E-state index in [1.165, 1.54) is 20.9 Å². The number of hydrogen-bond donors (Lipinski definition) is 1. The van der Waals surface area contributed by atoms with Crippen molar-refractivity contribution in [1.29, 1.82) is 0 Å². The number of morpholine rings is 2. The van der Waals surface area contributed by atoms with Crippen molar-refractivity contribution in [3.8, 4) is 0 Å². The highest BCUT2D eigenvalue weighted by molar-refractivity contribution is 5.85. The Bertz CT molecular complexity index is 2220. The number of nitrogens with zero attached hydrogens (tertiary/aromatic N) is 3. The van der Waals surface area contributed by atoms with Gasteiger partial charge in [0, 0.05) is 63.9 Å². The van der Waals surface area contributed by atoms with Gasteiger partial charge in [-0.2, -0.15) is 0 Å². The average Bonchev–Trinajstić information content (AvgIpc) is 3.34. The summed E-state index contributed by atoms with van der Waals surface area (Å²) in [5.74, 6) is -2.47. The maximum Gasteiger partial charge on any atom is 0.410 e. The molecule has 4 aromatic carbocycles. The highest BCUT2D eigenvalue weighted by Crippen LogP contribution is 2.26. The summed E-state index contributed by atoms with van der Waals surface area (Å²) in [6, 6.07) is 30.4. The molecule has 2 aliphatic heterocycles. The molecule has 0 radical (unpaired) electrons. The van der Waals surface area contributed by atoms with Crippen LogP contribution in [0.1, 0.15) is 68.4 Å². The fourth-order valence-corrected chi connectivity index (χ4v) is 7.89. The molecule has 68 heavy (non-hydrogen) atoms. The zero-order valence-corrected chi connectivity index (χ0v) is 39.9. The van der Waals surface area contributed by atoms with Crippen LogP contribution in [0.4, 0.5) is 20.6 Å². The van der Waals surface area contributed by atoms with Gasteiger partial charge in [0.15, 0.2) is 6.10 Å². The van der Waals surface area contributed by atoms with E-state index in [1.54, 1.807) is 26.0 Å². The number of aryl methyl sites for hydroxylation is 1. The lowest BCUT2D eigenvalue weighted by Gasteiger charge is -2.33. The second-order valence-electron chi connectivity index (χ2n) is 18.6. The fraction of sp³-hybridized carbons (Fsp3) is 0.472. The van der Waals surface area contributed by atoms with Gasteiger partial charge in [-0.3, -0.25) is 4.90 Å². The maximum atomic E-state index is 15.4. The lowest BCUT2D eigenvalue weighted by atomic mass is 9.98. The van der Waals surface area contributed by atoms with Crippen molar-refractivity contribution in [3.63, 3.8) is 0 Å². The van der Waals surface area contributed by atoms with E-state index in [2.05, 4.69) is 9.80 Å². The number of ether oxygens (including phenoxy) is 6. The third-order valence-corrected chi connectivity index (χ3v) is 12.0. The number of aliphatic hydroxyl groups excluding tert-OH is 1. The van der Waals surface area contributed by atoms with Crippen LogP contribution in [0.3, 0.4) is 0 Å². The molecule has 2 fully saturated rings. The van der Waals surface area contributed by atoms with E-state index in [-0.39, 0.29) is 26.1 Å². The topological polar surface area (TPSA) is 154 Å². The molecule has 366 valence electrons. The third-order valence-electron chi connectivity index (χ3n) is 12.0. The first kappa shape index (κ1) is 51.4. The number of carbonyl (C=O) groups is 4. The second-order valence-corrected chi connectivity index (χ2v) is 18.6. The summed E-state index contributed by atoms with van der Waals surface area (Å²) >= 11 is 0. The highest BCUT2D eigenvalue weighted by Gasteiger charge is 2.39. The Morgan fingerprint density at radius 3 is 1.65 bits per heavy atom. The van der Waals surface area contributed by atoms with Gasteiger partial charge in [-0.25, -0.2) is 23.6 Å². The molecule has 4 aromatic rings. The first-order valence-corrected chi connectivity index (χ1v) is 23.3. The molecule has 0 spiro atoms. The van der Waals surface area contributed by atoms with Gasteiger partial charge in [0.25, 0.3) is 0 Å². The van der Waals surface area contributed by atoms with Crippen molar-refractivity contribution >= 4 is 35.4 Å². The van der Waals surface area contributed by atoms with E-state index in [0.717, 1.165) is 64.7 Å². The first-order valence-electron chi connectivity index (χ1n) is 23.3. The van der Waals surface area contributed by atoms with Gasteiger partial charge in [0.2, 0.25) is 6.10 Å². The number of hydrogen-bond acceptors (Lipinski definition) is 13. The Labute approximate surface area is 399 Å². The van der Waals surface area contributed by atoms with Gasteiger partial charge in [-0.05, 0) is 92.6 Å². The Kier molecular flexibility index (Phi) is 18.4. The molecule has 2 heterocycles. The van der Waals surface area contributed by atoms with Gasteiger partial charge < -0.3 is 43.3 Å². The number of aliphatic hydroxyl groups is 1. The minimum absolute atomic E-state index is 0.0149. The van der Waals surface area contributed by atoms with Crippen LogP contribution in [0.2, 0.25) is 0 Å². The van der Waals surface area contributed by atoms with Crippen LogP contribution < -0.4 is 9.80 Å². The first-order chi connectivity index (χ1) is 32.5. The summed E-state index contributed by atoms with van der Waals surface area (Å²) in [4.78, 5) is 59.5. The molecule has 0 aliphatic carbocycles. The summed E-state index contributed by atoms with van der Waals surface area (Å²) < 4.78 is 49.1. The second kappa shape index (κ2) is 24.3. The number of esters is 3. The minimum Gasteiger partial charge on any atom is -0.459 e. The van der Waals surface area contributed by atoms with Gasteiger partial charge in [0.1, 0.15) is 30.5 Å². The molecule has 0 unspecified atom stereocenters. The number of rotatable bonds is 21. The smallest absolute Gasteiger partial charge is 0.410 e. The van der Waals surface area contributed by atoms with Gasteiger partial charge >= 0.3 is 24.0 Å². The van der Waals surface area contributed by atoms with Crippen LogP contribution in [-0.2, 0) is 75.3 Å². The van der Waals surface area contributed by atoms with E-state index in [9.17, 15) is 24.3 Å². The standard InChI is InChI=1S/C53H66FN3O11/c1-52(2,54)35-45(48(59)67-47(50(61)66-36-41-9-7-6-8-10-41)34-40-17-21-44(22-18-40)57-27-31-64-32-28-57)55(5)51(62)68-53(3,4)24-23-38-11-13-42(14-12-38)37-65-49(60)46(58)33-39-15-19-43(20-16-39)56-25-29-63-30-26-56/h6-22,45-47,58H,23-37H2,1-5H3/t45-,46+,47+/m0/s1. The van der Waals surface area contributed by atoms with E-state index in [1.807, 2.05) is 91.0 Å². The van der Waals surface area contributed by atoms with Crippen molar-refractivity contribution in [2.45, 2.75) is 103 Å². The number of alkyl halides is 1. The van der Waals surface area contributed by atoms with Crippen LogP contribution >= 0.6 is 0 Å². The summed E-state index contributed by atoms with van der Waals surface area (Å²) in [7, 11) is 1.34. The van der Waals surface area contributed by atoms with E-state index >= 15 is 4.39 Å². The molecule has 0 bridgehead atoms. The van der Waals surface area contributed by atoms with Gasteiger partial charge in [0.05, 0.1) is 26.4 Å². The number of halogens is 1. The van der Waals surface area contributed by atoms with Gasteiger partial charge in [-0.1, -0.05) is 78.9 Å². The van der Waals surface area contributed by atoms with Crippen molar-refractivity contribution in [1.82, 2.24) is 4.90 Å². The molecule has 0 aromatic heterocycles. The molecule has 3 atom stereocenters. The Morgan fingerprint density at radius 2 is 1.12 bits per heavy atom. The molecule has 1 amide bonds. The van der Waals surface area contributed by atoms with Crippen molar-refractivity contribution < 1.29 is 57.1 Å². The zero-order chi connectivity index (χ0) is 48.7. The Hall–Kier alpha value is -6.03. The van der Waals surface area contributed by atoms with Crippen LogP contribution in [0.25, 0.3) is 0 Å². The maximum absolute atomic E-state index is 15.4. The largest absolute Gasteiger partial charge is 0.459 e. The Morgan fingerprint density at radius 1 is 0.647 bits per heavy atom. The van der Waals surface area contributed by atoms with Gasteiger partial charge in [-0.15, -0.1) is 0 Å². The summed E-state index contributed by atoms with van der Waals surface area (Å²) in [6.07, 6.45) is -2.98. The third kappa shape index (κ3) is 16.1. The van der Waals surface area contributed by atoms with Crippen molar-refractivity contribution in [3.05, 3.63) is 131 Å². The quantitative estimate of drug-likeness (QED) is 0.0663. The monoisotopic (exact) mass is 939 g/mol. The number of benzene rings is 4. The molecule has 15 heteroatoms. The molecule has 1 N–H and O–H groups in total. The number of carbonyl (C=O) groups excluding carboxylic acids is 4. The van der Waals surface area contributed by atoms with E-state index in [4.69, 9.17) is 28.4 Å². The lowest BCUT2D eigenvalue weighted by Crippen LogP contribution is -2.49. The lowest BCUT2D eigenvalue weighted by molar-refractivity contribution is -0.172. The molecular formula is C53H66FN3O11. The van der Waals surface area contributed by atoms with Crippen LogP contribution in [0, 0.1) is 0 Å². The van der Waals surface area contributed by atoms with Crippen LogP contribution in [0.15, 0.2) is 103 Å². The van der Waals surface area contributed by atoms with E-state index in [0.29, 0.717) is 44.8 Å². The molecule has 14 nitrogen and oxygen atoms in total. The number of likely N-dealkylation sites (N-methyl/N-ethyl adjacent to an activating group) is 1. The predicted octanol–water partition coefficient (Wildman–Crippen LogP) is 7.19. The summed E-state index contributed by atoms with van der Waals surface area (Å²) in [6.45, 7) is 11.8. The number of amides is 1. The average molecular weight is 940 g/mol. The summed E-state index contributed by atoms with van der Waals surface area (Å²) in [5, 5.41) is 10.6. The number of anilines is 2. The van der Waals surface area contributed by atoms with E-state index < -0.39 is 59.9 Å². The fourth-order valence-electron chi connectivity index (χ4n) is 7.89. The minimum atomic E-state index is -1.91.